The smallest absolute Gasteiger partial charge is 0.258 e. The van der Waals surface area contributed by atoms with Gasteiger partial charge in [0.25, 0.3) is 5.91 Å². The highest BCUT2D eigenvalue weighted by molar-refractivity contribution is 6.05. The number of nitrogens with zero attached hydrogens (tertiary/aromatic N) is 1. The summed E-state index contributed by atoms with van der Waals surface area (Å²) in [5, 5.41) is 6.32. The number of carbonyl (C=O) groups excluding carboxylic acids is 1. The molecule has 0 unspecified atom stereocenters. The summed E-state index contributed by atoms with van der Waals surface area (Å²) in [6.45, 7) is 0. The minimum atomic E-state index is -0.502. The number of hydrogen-bond acceptors (Lipinski definition) is 5. The van der Waals surface area contributed by atoms with Crippen LogP contribution in [-0.4, -0.2) is 25.3 Å². The molecule has 128 valence electrons. The van der Waals surface area contributed by atoms with Gasteiger partial charge in [0, 0.05) is 5.56 Å². The number of methoxy groups -OCH3 is 2. The first-order chi connectivity index (χ1) is 12.1. The van der Waals surface area contributed by atoms with Crippen molar-refractivity contribution in [2.75, 3.05) is 19.5 Å². The molecule has 0 fully saturated rings. The van der Waals surface area contributed by atoms with Gasteiger partial charge in [-0.1, -0.05) is 17.3 Å². The van der Waals surface area contributed by atoms with Crippen molar-refractivity contribution in [3.8, 4) is 22.6 Å². The lowest BCUT2D eigenvalue weighted by Crippen LogP contribution is -2.12. The minimum Gasteiger partial charge on any atom is -0.493 e. The highest BCUT2D eigenvalue weighted by Crippen LogP contribution is 2.35. The molecule has 0 bridgehead atoms. The van der Waals surface area contributed by atoms with Crippen LogP contribution in [0.25, 0.3) is 11.1 Å². The van der Waals surface area contributed by atoms with Gasteiger partial charge in [0.05, 0.1) is 26.0 Å². The lowest BCUT2D eigenvalue weighted by atomic mass is 10.1. The number of ether oxygens (including phenoxy) is 2. The summed E-state index contributed by atoms with van der Waals surface area (Å²) in [5.74, 6) is 0.265. The molecule has 0 spiro atoms. The van der Waals surface area contributed by atoms with Crippen LogP contribution in [0, 0.1) is 5.82 Å². The van der Waals surface area contributed by atoms with E-state index in [0.717, 1.165) is 6.07 Å². The van der Waals surface area contributed by atoms with Gasteiger partial charge in [0.15, 0.2) is 11.5 Å². The van der Waals surface area contributed by atoms with Gasteiger partial charge in [-0.2, -0.15) is 0 Å². The van der Waals surface area contributed by atoms with Crippen LogP contribution in [0.5, 0.6) is 11.5 Å². The third-order valence-electron chi connectivity index (χ3n) is 3.58. The van der Waals surface area contributed by atoms with Gasteiger partial charge in [0.2, 0.25) is 5.88 Å². The maximum Gasteiger partial charge on any atom is 0.258 e. The van der Waals surface area contributed by atoms with Crippen molar-refractivity contribution in [1.82, 2.24) is 5.16 Å². The van der Waals surface area contributed by atoms with E-state index in [4.69, 9.17) is 14.0 Å². The molecule has 0 saturated heterocycles. The average molecular weight is 342 g/mol. The van der Waals surface area contributed by atoms with Crippen molar-refractivity contribution in [3.05, 3.63) is 60.0 Å². The van der Waals surface area contributed by atoms with Crippen molar-refractivity contribution >= 4 is 11.8 Å². The fraction of sp³-hybridized carbons (Fsp3) is 0.111. The standard InChI is InChI=1S/C18H15FN2O4/c1-23-15-7-6-11(9-16(15)24-2)14-10-20-25-18(14)21-17(22)12-4-3-5-13(19)8-12/h3-10H,1-2H3,(H,21,22). The summed E-state index contributed by atoms with van der Waals surface area (Å²) in [5.41, 5.74) is 1.45. The Labute approximate surface area is 143 Å². The lowest BCUT2D eigenvalue weighted by Gasteiger charge is -2.09. The highest BCUT2D eigenvalue weighted by atomic mass is 19.1. The number of hydrogen-bond donors (Lipinski definition) is 1. The maximum atomic E-state index is 13.3. The molecule has 0 atom stereocenters. The average Bonchev–Trinajstić information content (AvgIpc) is 3.09. The van der Waals surface area contributed by atoms with Crippen LogP contribution in [0.15, 0.2) is 53.2 Å². The van der Waals surface area contributed by atoms with Crippen LogP contribution in [-0.2, 0) is 0 Å². The second kappa shape index (κ2) is 7.04. The number of rotatable bonds is 5. The molecular weight excluding hydrogens is 327 g/mol. The predicted molar refractivity (Wildman–Crippen MR) is 89.4 cm³/mol. The van der Waals surface area contributed by atoms with Gasteiger partial charge in [0.1, 0.15) is 5.82 Å². The number of nitrogens with one attached hydrogen (secondary N) is 1. The number of aromatic nitrogens is 1. The number of carbonyl (C=O) groups is 1. The van der Waals surface area contributed by atoms with Crippen LogP contribution in [0.4, 0.5) is 10.3 Å². The maximum absolute atomic E-state index is 13.3. The minimum absolute atomic E-state index is 0.154. The van der Waals surface area contributed by atoms with E-state index in [-0.39, 0.29) is 11.4 Å². The first-order valence-electron chi connectivity index (χ1n) is 7.36. The summed E-state index contributed by atoms with van der Waals surface area (Å²) in [6, 6.07) is 10.6. The molecule has 0 aliphatic heterocycles. The molecule has 1 amide bonds. The Hall–Kier alpha value is -3.35. The van der Waals surface area contributed by atoms with Crippen molar-refractivity contribution in [2.24, 2.45) is 0 Å². The summed E-state index contributed by atoms with van der Waals surface area (Å²) in [4.78, 5) is 12.3. The summed E-state index contributed by atoms with van der Waals surface area (Å²) < 4.78 is 28.9. The molecular formula is C18H15FN2O4. The van der Waals surface area contributed by atoms with Crippen LogP contribution >= 0.6 is 0 Å². The number of halogens is 1. The van der Waals surface area contributed by atoms with Crippen molar-refractivity contribution < 1.29 is 23.2 Å². The van der Waals surface area contributed by atoms with E-state index in [9.17, 15) is 9.18 Å². The summed E-state index contributed by atoms with van der Waals surface area (Å²) >= 11 is 0. The molecule has 3 aromatic rings. The topological polar surface area (TPSA) is 73.6 Å². The molecule has 2 aromatic carbocycles. The normalized spacial score (nSPS) is 10.4. The zero-order valence-electron chi connectivity index (χ0n) is 13.6. The first kappa shape index (κ1) is 16.5. The fourth-order valence-corrected chi connectivity index (χ4v) is 2.34. The van der Waals surface area contributed by atoms with Gasteiger partial charge in [-0.3, -0.25) is 10.1 Å². The van der Waals surface area contributed by atoms with Crippen LogP contribution in [0.2, 0.25) is 0 Å². The molecule has 1 aromatic heterocycles. The molecule has 1 heterocycles. The Bertz CT molecular complexity index is 908. The van der Waals surface area contributed by atoms with E-state index < -0.39 is 11.7 Å². The van der Waals surface area contributed by atoms with Gasteiger partial charge in [-0.25, -0.2) is 4.39 Å². The van der Waals surface area contributed by atoms with Gasteiger partial charge in [-0.05, 0) is 35.9 Å². The Morgan fingerprint density at radius 2 is 1.92 bits per heavy atom. The molecule has 0 saturated carbocycles. The Morgan fingerprint density at radius 1 is 1.12 bits per heavy atom. The van der Waals surface area contributed by atoms with E-state index in [0.29, 0.717) is 22.6 Å². The Morgan fingerprint density at radius 3 is 2.64 bits per heavy atom. The van der Waals surface area contributed by atoms with E-state index in [1.165, 1.54) is 31.5 Å². The van der Waals surface area contributed by atoms with Crippen molar-refractivity contribution in [3.63, 3.8) is 0 Å². The van der Waals surface area contributed by atoms with Crippen LogP contribution < -0.4 is 14.8 Å². The molecule has 7 heteroatoms. The molecule has 1 N–H and O–H groups in total. The quantitative estimate of drug-likeness (QED) is 0.764. The van der Waals surface area contributed by atoms with E-state index in [1.807, 2.05) is 0 Å². The molecule has 25 heavy (non-hydrogen) atoms. The first-order valence-corrected chi connectivity index (χ1v) is 7.36. The van der Waals surface area contributed by atoms with E-state index in [1.54, 1.807) is 25.3 Å². The zero-order valence-corrected chi connectivity index (χ0v) is 13.6. The van der Waals surface area contributed by atoms with Gasteiger partial charge < -0.3 is 14.0 Å². The SMILES string of the molecule is COc1ccc(-c2cnoc2NC(=O)c2cccc(F)c2)cc1OC. The van der Waals surface area contributed by atoms with E-state index >= 15 is 0 Å². The van der Waals surface area contributed by atoms with E-state index in [2.05, 4.69) is 10.5 Å². The molecule has 0 radical (unpaired) electrons. The Kier molecular flexibility index (Phi) is 4.65. The zero-order chi connectivity index (χ0) is 17.8. The highest BCUT2D eigenvalue weighted by Gasteiger charge is 2.16. The second-order valence-corrected chi connectivity index (χ2v) is 5.10. The fourth-order valence-electron chi connectivity index (χ4n) is 2.34. The summed E-state index contributed by atoms with van der Waals surface area (Å²) in [7, 11) is 3.07. The third kappa shape index (κ3) is 3.45. The summed E-state index contributed by atoms with van der Waals surface area (Å²) in [6.07, 6.45) is 1.47. The van der Waals surface area contributed by atoms with Crippen molar-refractivity contribution in [2.45, 2.75) is 0 Å². The molecule has 6 nitrogen and oxygen atoms in total. The third-order valence-corrected chi connectivity index (χ3v) is 3.58. The van der Waals surface area contributed by atoms with Gasteiger partial charge in [-0.15, -0.1) is 0 Å². The van der Waals surface area contributed by atoms with Crippen LogP contribution in [0.1, 0.15) is 10.4 Å². The second-order valence-electron chi connectivity index (χ2n) is 5.10. The number of anilines is 1. The van der Waals surface area contributed by atoms with Crippen molar-refractivity contribution in [1.29, 1.82) is 0 Å². The largest absolute Gasteiger partial charge is 0.493 e. The number of amides is 1. The van der Waals surface area contributed by atoms with Crippen LogP contribution in [0.3, 0.4) is 0 Å². The predicted octanol–water partition coefficient (Wildman–Crippen LogP) is 3.75. The molecule has 0 aliphatic rings. The molecule has 0 aliphatic carbocycles. The number of benzene rings is 2. The Balaban J connectivity index is 1.89. The van der Waals surface area contributed by atoms with Gasteiger partial charge >= 0.3 is 0 Å². The lowest BCUT2D eigenvalue weighted by molar-refractivity contribution is 0.102. The monoisotopic (exact) mass is 342 g/mol. The molecule has 3 rings (SSSR count).